The van der Waals surface area contributed by atoms with Gasteiger partial charge in [0.05, 0.1) is 19.3 Å². The number of carbonyl (C=O) groups excluding carboxylic acids is 1. The second-order valence-electron chi connectivity index (χ2n) is 14.8. The Hall–Kier alpha value is -4.61. The molecule has 284 valence electrons. The Bertz CT molecular complexity index is 1820. The fourth-order valence-electron chi connectivity index (χ4n) is 7.74. The quantitative estimate of drug-likeness (QED) is 0.207. The molecule has 4 aromatic rings. The van der Waals surface area contributed by atoms with Crippen molar-refractivity contribution in [3.63, 3.8) is 0 Å². The molecule has 0 saturated carbocycles. The maximum absolute atomic E-state index is 12.7. The highest BCUT2D eigenvalue weighted by molar-refractivity contribution is 5.79. The van der Waals surface area contributed by atoms with Crippen LogP contribution in [0.5, 0.6) is 23.0 Å². The third-order valence-corrected chi connectivity index (χ3v) is 11.0. The van der Waals surface area contributed by atoms with E-state index in [2.05, 4.69) is 58.3 Å². The van der Waals surface area contributed by atoms with E-state index in [-0.39, 0.29) is 18.1 Å². The smallest absolute Gasteiger partial charge is 0.225 e. The Morgan fingerprint density at radius 2 is 1.11 bits per heavy atom. The number of hydrogen-bond donors (Lipinski definition) is 0. The molecule has 0 spiro atoms. The minimum atomic E-state index is -0.0779. The van der Waals surface area contributed by atoms with Crippen LogP contribution in [-0.4, -0.2) is 99.5 Å². The van der Waals surface area contributed by atoms with Gasteiger partial charge < -0.3 is 33.3 Å². The molecule has 4 aromatic carbocycles. The molecule has 5 aliphatic rings. The molecule has 1 amide bonds. The number of methoxy groups -OCH3 is 1. The molecule has 5 heterocycles. The van der Waals surface area contributed by atoms with Gasteiger partial charge in [-0.25, -0.2) is 0 Å². The number of rotatable bonds is 8. The van der Waals surface area contributed by atoms with Gasteiger partial charge in [0.1, 0.15) is 13.2 Å². The monoisotopic (exact) mass is 733 g/mol. The van der Waals surface area contributed by atoms with Crippen molar-refractivity contribution in [1.29, 1.82) is 0 Å². The zero-order valence-electron chi connectivity index (χ0n) is 31.1. The fourth-order valence-corrected chi connectivity index (χ4v) is 7.74. The third-order valence-electron chi connectivity index (χ3n) is 11.0. The first-order chi connectivity index (χ1) is 26.6. The molecular formula is C44H51N3O7. The number of nitrogens with zero attached hydrogens (tertiary/aromatic N) is 3. The van der Waals surface area contributed by atoms with Gasteiger partial charge in [-0.2, -0.15) is 0 Å². The van der Waals surface area contributed by atoms with Crippen molar-refractivity contribution in [2.75, 3.05) is 72.8 Å². The van der Waals surface area contributed by atoms with E-state index < -0.39 is 0 Å². The molecule has 3 saturated heterocycles. The van der Waals surface area contributed by atoms with Crippen molar-refractivity contribution in [2.24, 2.45) is 5.92 Å². The minimum absolute atomic E-state index is 0.0409. The van der Waals surface area contributed by atoms with Gasteiger partial charge in [-0.1, -0.05) is 72.8 Å². The van der Waals surface area contributed by atoms with Gasteiger partial charge in [0.15, 0.2) is 35.2 Å². The fraction of sp³-hybridized carbons (Fsp3) is 0.432. The summed E-state index contributed by atoms with van der Waals surface area (Å²) in [6, 6.07) is 32.9. The standard InChI is InChI=1S/C25H30N2O4.C19H21NO3/c28-25(27-13-15-29-16-14-27)21-9-11-26(12-10-21)17-19-5-7-20(8-6-19)24-18-30-22-3-1-2-4-23(22)31-24;1-21-16-11-20(12-16)10-14-6-8-15(9-7-14)19-13-22-17-4-2-3-5-18(17)23-19/h1-8,21,24H,9-18H2;2-9,16,19H,10-13H2,1H3. The van der Waals surface area contributed by atoms with Gasteiger partial charge in [-0.15, -0.1) is 0 Å². The summed E-state index contributed by atoms with van der Waals surface area (Å²) in [6.07, 6.45) is 2.18. The summed E-state index contributed by atoms with van der Waals surface area (Å²) in [5.74, 6) is 3.75. The zero-order chi connectivity index (χ0) is 36.7. The van der Waals surface area contributed by atoms with Crippen LogP contribution in [0.2, 0.25) is 0 Å². The highest BCUT2D eigenvalue weighted by Gasteiger charge is 2.30. The molecule has 9 rings (SSSR count). The lowest BCUT2D eigenvalue weighted by Crippen LogP contribution is -2.50. The molecule has 54 heavy (non-hydrogen) atoms. The van der Waals surface area contributed by atoms with Crippen molar-refractivity contribution in [3.05, 3.63) is 119 Å². The van der Waals surface area contributed by atoms with E-state index in [4.69, 9.17) is 28.4 Å². The van der Waals surface area contributed by atoms with Crippen LogP contribution in [0.3, 0.4) is 0 Å². The van der Waals surface area contributed by atoms with Gasteiger partial charge in [-0.05, 0) is 72.5 Å². The molecule has 5 aliphatic heterocycles. The molecule has 0 aliphatic carbocycles. The normalized spacial score (nSPS) is 21.8. The molecule has 3 fully saturated rings. The number of piperidine rings is 1. The Labute approximate surface area is 318 Å². The first-order valence-electron chi connectivity index (χ1n) is 19.4. The van der Waals surface area contributed by atoms with Gasteiger partial charge in [0.25, 0.3) is 0 Å². The number of morpholine rings is 1. The predicted molar refractivity (Wildman–Crippen MR) is 205 cm³/mol. The van der Waals surface area contributed by atoms with E-state index in [1.54, 1.807) is 7.11 Å². The number of para-hydroxylation sites is 4. The van der Waals surface area contributed by atoms with Crippen molar-refractivity contribution in [2.45, 2.75) is 44.2 Å². The van der Waals surface area contributed by atoms with E-state index in [1.165, 1.54) is 11.1 Å². The van der Waals surface area contributed by atoms with Gasteiger partial charge in [-0.3, -0.25) is 14.6 Å². The maximum atomic E-state index is 12.7. The predicted octanol–water partition coefficient (Wildman–Crippen LogP) is 6.30. The molecule has 10 heteroatoms. The molecule has 0 aromatic heterocycles. The van der Waals surface area contributed by atoms with E-state index >= 15 is 0 Å². The summed E-state index contributed by atoms with van der Waals surface area (Å²) >= 11 is 0. The van der Waals surface area contributed by atoms with Crippen LogP contribution in [0.1, 0.15) is 47.3 Å². The Morgan fingerprint density at radius 1 is 0.630 bits per heavy atom. The molecule has 2 atom stereocenters. The number of likely N-dealkylation sites (tertiary alicyclic amines) is 2. The summed E-state index contributed by atoms with van der Waals surface area (Å²) in [5.41, 5.74) is 4.90. The zero-order valence-corrected chi connectivity index (χ0v) is 31.1. The number of fused-ring (bicyclic) bond motifs is 2. The molecule has 2 unspecified atom stereocenters. The number of ether oxygens (including phenoxy) is 6. The second kappa shape index (κ2) is 17.2. The number of carbonyl (C=O) groups is 1. The largest absolute Gasteiger partial charge is 0.485 e. The Kier molecular flexibility index (Phi) is 11.6. The Balaban J connectivity index is 0.000000160. The highest BCUT2D eigenvalue weighted by Crippen LogP contribution is 2.37. The van der Waals surface area contributed by atoms with E-state index in [9.17, 15) is 4.79 Å². The lowest BCUT2D eigenvalue weighted by molar-refractivity contribution is -0.141. The van der Waals surface area contributed by atoms with Crippen molar-refractivity contribution in [1.82, 2.24) is 14.7 Å². The van der Waals surface area contributed by atoms with Crippen LogP contribution in [0, 0.1) is 5.92 Å². The van der Waals surface area contributed by atoms with Gasteiger partial charge in [0, 0.05) is 52.3 Å². The lowest BCUT2D eigenvalue weighted by atomic mass is 9.94. The third kappa shape index (κ3) is 8.84. The van der Waals surface area contributed by atoms with Crippen molar-refractivity contribution >= 4 is 5.91 Å². The van der Waals surface area contributed by atoms with E-state index in [0.717, 1.165) is 99.3 Å². The van der Waals surface area contributed by atoms with E-state index in [0.29, 0.717) is 38.4 Å². The van der Waals surface area contributed by atoms with Gasteiger partial charge in [0.2, 0.25) is 5.91 Å². The van der Waals surface area contributed by atoms with Crippen LogP contribution in [0.4, 0.5) is 0 Å². The summed E-state index contributed by atoms with van der Waals surface area (Å²) in [4.78, 5) is 19.5. The molecule has 0 N–H and O–H groups in total. The van der Waals surface area contributed by atoms with Crippen molar-refractivity contribution in [3.8, 4) is 23.0 Å². The average molecular weight is 734 g/mol. The number of amides is 1. The van der Waals surface area contributed by atoms with Crippen LogP contribution in [0.15, 0.2) is 97.1 Å². The number of benzene rings is 4. The molecule has 0 radical (unpaired) electrons. The minimum Gasteiger partial charge on any atom is -0.485 e. The summed E-state index contributed by atoms with van der Waals surface area (Å²) in [5, 5.41) is 0. The maximum Gasteiger partial charge on any atom is 0.225 e. The molecule has 10 nitrogen and oxygen atoms in total. The van der Waals surface area contributed by atoms with Crippen LogP contribution >= 0.6 is 0 Å². The van der Waals surface area contributed by atoms with Crippen molar-refractivity contribution < 1.29 is 33.2 Å². The van der Waals surface area contributed by atoms with Gasteiger partial charge >= 0.3 is 0 Å². The Morgan fingerprint density at radius 3 is 1.61 bits per heavy atom. The van der Waals surface area contributed by atoms with E-state index in [1.807, 2.05) is 53.4 Å². The first kappa shape index (κ1) is 36.4. The summed E-state index contributed by atoms with van der Waals surface area (Å²) in [7, 11) is 1.78. The second-order valence-corrected chi connectivity index (χ2v) is 14.8. The highest BCUT2D eigenvalue weighted by atomic mass is 16.6. The first-order valence-corrected chi connectivity index (χ1v) is 19.4. The number of hydrogen-bond acceptors (Lipinski definition) is 9. The summed E-state index contributed by atoms with van der Waals surface area (Å²) in [6.45, 7) is 9.80. The summed E-state index contributed by atoms with van der Waals surface area (Å²) < 4.78 is 34.5. The topological polar surface area (TPSA) is 82.2 Å². The SMILES string of the molecule is COC1CN(Cc2ccc(C3COc4ccccc4O3)cc2)C1.O=C(C1CCN(Cc2ccc(C3COc4ccccc4O3)cc2)CC1)N1CCOCC1. The van der Waals surface area contributed by atoms with Crippen LogP contribution < -0.4 is 18.9 Å². The lowest BCUT2D eigenvalue weighted by Gasteiger charge is -2.38. The van der Waals surface area contributed by atoms with Crippen LogP contribution in [0.25, 0.3) is 0 Å². The molecule has 0 bridgehead atoms. The molecular weight excluding hydrogens is 682 g/mol. The average Bonchev–Trinajstić information content (AvgIpc) is 3.23. The van der Waals surface area contributed by atoms with Crippen LogP contribution in [-0.2, 0) is 27.4 Å².